The molecule has 2 fully saturated rings. The van der Waals surface area contributed by atoms with E-state index in [1.807, 2.05) is 0 Å². The topological polar surface area (TPSA) is 51.0 Å². The van der Waals surface area contributed by atoms with Crippen molar-refractivity contribution in [2.45, 2.75) is 44.1 Å². The molecule has 1 N–H and O–H groups in total. The van der Waals surface area contributed by atoms with E-state index in [2.05, 4.69) is 15.5 Å². The standard InChI is InChI=1S/C10H15N3O.ClH/c1-2-6-11-8(3-1)10-12-9(13-14-10)7-4-5-7;/h7-8,11H,1-6H2;1H. The molecule has 1 aliphatic carbocycles. The number of nitrogens with one attached hydrogen (secondary N) is 1. The Bertz CT molecular complexity index is 318. The quantitative estimate of drug-likeness (QED) is 0.845. The van der Waals surface area contributed by atoms with Gasteiger partial charge in [0.05, 0.1) is 6.04 Å². The fourth-order valence-electron chi connectivity index (χ4n) is 1.96. The van der Waals surface area contributed by atoms with Crippen molar-refractivity contribution in [3.63, 3.8) is 0 Å². The van der Waals surface area contributed by atoms with Crippen LogP contribution in [0.2, 0.25) is 0 Å². The maximum Gasteiger partial charge on any atom is 0.243 e. The summed E-state index contributed by atoms with van der Waals surface area (Å²) >= 11 is 0. The molecule has 4 nitrogen and oxygen atoms in total. The van der Waals surface area contributed by atoms with E-state index in [4.69, 9.17) is 4.52 Å². The Morgan fingerprint density at radius 3 is 2.73 bits per heavy atom. The molecule has 0 spiro atoms. The van der Waals surface area contributed by atoms with Gasteiger partial charge in [0.2, 0.25) is 5.89 Å². The average molecular weight is 230 g/mol. The van der Waals surface area contributed by atoms with Crippen LogP contribution in [-0.2, 0) is 0 Å². The summed E-state index contributed by atoms with van der Waals surface area (Å²) in [5, 5.41) is 7.44. The van der Waals surface area contributed by atoms with E-state index in [1.54, 1.807) is 0 Å². The molecule has 0 aromatic carbocycles. The van der Waals surface area contributed by atoms with Gasteiger partial charge in [0.1, 0.15) is 0 Å². The highest BCUT2D eigenvalue weighted by atomic mass is 35.5. The fourth-order valence-corrected chi connectivity index (χ4v) is 1.96. The lowest BCUT2D eigenvalue weighted by atomic mass is 10.1. The summed E-state index contributed by atoms with van der Waals surface area (Å²) in [5.74, 6) is 2.31. The van der Waals surface area contributed by atoms with E-state index in [1.165, 1.54) is 25.7 Å². The van der Waals surface area contributed by atoms with Gasteiger partial charge in [-0.15, -0.1) is 12.4 Å². The molecule has 0 radical (unpaired) electrons. The van der Waals surface area contributed by atoms with Crippen LogP contribution in [0.4, 0.5) is 0 Å². The monoisotopic (exact) mass is 229 g/mol. The minimum atomic E-state index is 0. The molecular weight excluding hydrogens is 214 g/mol. The van der Waals surface area contributed by atoms with Gasteiger partial charge in [0, 0.05) is 5.92 Å². The first-order chi connectivity index (χ1) is 6.93. The normalized spacial score (nSPS) is 26.0. The van der Waals surface area contributed by atoms with Crippen molar-refractivity contribution >= 4 is 12.4 Å². The molecule has 2 aliphatic rings. The Labute approximate surface area is 95.2 Å². The number of aromatic nitrogens is 2. The molecule has 2 heterocycles. The third kappa shape index (κ3) is 2.32. The van der Waals surface area contributed by atoms with Gasteiger partial charge in [-0.25, -0.2) is 0 Å². The Kier molecular flexibility index (Phi) is 3.26. The third-order valence-electron chi connectivity index (χ3n) is 3.01. The predicted octanol–water partition coefficient (Wildman–Crippen LogP) is 2.18. The first kappa shape index (κ1) is 10.9. The van der Waals surface area contributed by atoms with Gasteiger partial charge in [0.25, 0.3) is 0 Å². The molecule has 5 heteroatoms. The van der Waals surface area contributed by atoms with E-state index in [9.17, 15) is 0 Å². The van der Waals surface area contributed by atoms with Crippen molar-refractivity contribution in [3.8, 4) is 0 Å². The summed E-state index contributed by atoms with van der Waals surface area (Å²) in [4.78, 5) is 4.46. The van der Waals surface area contributed by atoms with E-state index >= 15 is 0 Å². The van der Waals surface area contributed by atoms with E-state index < -0.39 is 0 Å². The molecule has 1 unspecified atom stereocenters. The van der Waals surface area contributed by atoms with Crippen LogP contribution in [0, 0.1) is 0 Å². The number of piperidine rings is 1. The summed E-state index contributed by atoms with van der Waals surface area (Å²) < 4.78 is 5.28. The van der Waals surface area contributed by atoms with Crippen molar-refractivity contribution in [2.24, 2.45) is 0 Å². The highest BCUT2D eigenvalue weighted by Crippen LogP contribution is 2.38. The summed E-state index contributed by atoms with van der Waals surface area (Å²) in [6, 6.07) is 0.309. The highest BCUT2D eigenvalue weighted by molar-refractivity contribution is 5.85. The second-order valence-electron chi connectivity index (χ2n) is 4.27. The molecule has 0 bridgehead atoms. The van der Waals surface area contributed by atoms with Gasteiger partial charge in [-0.2, -0.15) is 4.98 Å². The smallest absolute Gasteiger partial charge is 0.243 e. The van der Waals surface area contributed by atoms with Crippen LogP contribution in [0.5, 0.6) is 0 Å². The Hall–Kier alpha value is -0.610. The van der Waals surface area contributed by atoms with Gasteiger partial charge in [-0.3, -0.25) is 0 Å². The van der Waals surface area contributed by atoms with Crippen molar-refractivity contribution < 1.29 is 4.52 Å². The average Bonchev–Trinajstić information content (AvgIpc) is 2.98. The molecule has 1 atom stereocenters. The van der Waals surface area contributed by atoms with Crippen molar-refractivity contribution in [1.82, 2.24) is 15.5 Å². The summed E-state index contributed by atoms with van der Waals surface area (Å²) in [6.45, 7) is 1.08. The number of halogens is 1. The van der Waals surface area contributed by atoms with Gasteiger partial charge in [-0.05, 0) is 32.2 Å². The Morgan fingerprint density at radius 2 is 2.07 bits per heavy atom. The van der Waals surface area contributed by atoms with Crippen LogP contribution in [0.1, 0.15) is 55.8 Å². The molecule has 1 saturated carbocycles. The fraction of sp³-hybridized carbons (Fsp3) is 0.800. The molecule has 84 valence electrons. The lowest BCUT2D eigenvalue weighted by Crippen LogP contribution is -2.26. The van der Waals surface area contributed by atoms with Crippen molar-refractivity contribution in [3.05, 3.63) is 11.7 Å². The molecule has 1 aromatic heterocycles. The summed E-state index contributed by atoms with van der Waals surface area (Å²) in [7, 11) is 0. The largest absolute Gasteiger partial charge is 0.338 e. The molecular formula is C10H16ClN3O. The van der Waals surface area contributed by atoms with Gasteiger partial charge in [0.15, 0.2) is 5.82 Å². The van der Waals surface area contributed by atoms with Crippen LogP contribution in [-0.4, -0.2) is 16.7 Å². The van der Waals surface area contributed by atoms with Crippen LogP contribution < -0.4 is 5.32 Å². The SMILES string of the molecule is C1CCC(c2nc(C3CC3)no2)NC1.Cl. The first-order valence-corrected chi connectivity index (χ1v) is 5.50. The third-order valence-corrected chi connectivity index (χ3v) is 3.01. The lowest BCUT2D eigenvalue weighted by molar-refractivity contribution is 0.296. The molecule has 1 aliphatic heterocycles. The molecule has 3 rings (SSSR count). The Balaban J connectivity index is 0.000000853. The van der Waals surface area contributed by atoms with E-state index in [-0.39, 0.29) is 12.4 Å². The summed E-state index contributed by atoms with van der Waals surface area (Å²) in [5.41, 5.74) is 0. The zero-order valence-electron chi connectivity index (χ0n) is 8.61. The van der Waals surface area contributed by atoms with Gasteiger partial charge in [-0.1, -0.05) is 11.6 Å². The maximum atomic E-state index is 5.28. The zero-order valence-corrected chi connectivity index (χ0v) is 9.42. The minimum Gasteiger partial charge on any atom is -0.338 e. The van der Waals surface area contributed by atoms with Gasteiger partial charge >= 0.3 is 0 Å². The van der Waals surface area contributed by atoms with Gasteiger partial charge < -0.3 is 9.84 Å². The first-order valence-electron chi connectivity index (χ1n) is 5.50. The predicted molar refractivity (Wildman–Crippen MR) is 58.1 cm³/mol. The molecule has 15 heavy (non-hydrogen) atoms. The van der Waals surface area contributed by atoms with Crippen LogP contribution in [0.3, 0.4) is 0 Å². The van der Waals surface area contributed by atoms with Crippen LogP contribution >= 0.6 is 12.4 Å². The number of hydrogen-bond acceptors (Lipinski definition) is 4. The lowest BCUT2D eigenvalue weighted by Gasteiger charge is -2.19. The van der Waals surface area contributed by atoms with Crippen molar-refractivity contribution in [1.29, 1.82) is 0 Å². The molecule has 0 amide bonds. The Morgan fingerprint density at radius 1 is 1.20 bits per heavy atom. The number of rotatable bonds is 2. The second-order valence-corrected chi connectivity index (χ2v) is 4.27. The van der Waals surface area contributed by atoms with E-state index in [0.29, 0.717) is 12.0 Å². The number of nitrogens with zero attached hydrogens (tertiary/aromatic N) is 2. The second kappa shape index (κ2) is 4.49. The zero-order chi connectivity index (χ0) is 9.38. The minimum absolute atomic E-state index is 0. The molecule has 1 saturated heterocycles. The van der Waals surface area contributed by atoms with Crippen LogP contribution in [0.15, 0.2) is 4.52 Å². The van der Waals surface area contributed by atoms with Crippen molar-refractivity contribution in [2.75, 3.05) is 6.54 Å². The van der Waals surface area contributed by atoms with Crippen LogP contribution in [0.25, 0.3) is 0 Å². The van der Waals surface area contributed by atoms with E-state index in [0.717, 1.165) is 24.7 Å². The summed E-state index contributed by atoms with van der Waals surface area (Å²) in [6.07, 6.45) is 6.12. The highest BCUT2D eigenvalue weighted by Gasteiger charge is 2.30. The molecule has 1 aromatic rings. The maximum absolute atomic E-state index is 5.28. The number of hydrogen-bond donors (Lipinski definition) is 1.